The van der Waals surface area contributed by atoms with Crippen LogP contribution in [0.2, 0.25) is 0 Å². The first kappa shape index (κ1) is 24.2. The summed E-state index contributed by atoms with van der Waals surface area (Å²) in [5, 5.41) is 16.2. The minimum absolute atomic E-state index is 0. The zero-order valence-corrected chi connectivity index (χ0v) is 20.7. The minimum atomic E-state index is 0. The fourth-order valence-corrected chi connectivity index (χ4v) is 3.64. The van der Waals surface area contributed by atoms with Crippen LogP contribution in [0.15, 0.2) is 4.99 Å². The number of thiazole rings is 1. The molecule has 2 aromatic rings. The number of rotatable bonds is 9. The van der Waals surface area contributed by atoms with Crippen LogP contribution in [-0.4, -0.2) is 50.8 Å². The Morgan fingerprint density at radius 2 is 1.93 bits per heavy atom. The van der Waals surface area contributed by atoms with Crippen molar-refractivity contribution in [3.63, 3.8) is 0 Å². The van der Waals surface area contributed by atoms with Crippen molar-refractivity contribution in [3.05, 3.63) is 27.2 Å². The van der Waals surface area contributed by atoms with Gasteiger partial charge >= 0.3 is 0 Å². The van der Waals surface area contributed by atoms with E-state index in [-0.39, 0.29) is 24.0 Å². The van der Waals surface area contributed by atoms with E-state index in [2.05, 4.69) is 50.9 Å². The molecule has 0 spiro atoms. The van der Waals surface area contributed by atoms with Crippen molar-refractivity contribution in [2.75, 3.05) is 25.1 Å². The normalized spacial score (nSPS) is 11.4. The van der Waals surface area contributed by atoms with Crippen molar-refractivity contribution in [3.8, 4) is 0 Å². The summed E-state index contributed by atoms with van der Waals surface area (Å²) >= 11 is 3.63. The summed E-state index contributed by atoms with van der Waals surface area (Å²) in [4.78, 5) is 10.6. The van der Waals surface area contributed by atoms with Gasteiger partial charge in [-0.05, 0) is 39.2 Å². The summed E-state index contributed by atoms with van der Waals surface area (Å²) in [6, 6.07) is 0. The second-order valence-corrected chi connectivity index (χ2v) is 8.36. The topological polar surface area (TPSA) is 80.0 Å². The standard InChI is InChI=1S/C17H29N7S2.HI/c1-12-13(2)26-16(21-12)7-9-19-17(18-8-6-10-25-5)20-11-15-23-22-14(3)24(15)4;/h6-11H2,1-5H3,(H2,18,19,20);1H. The van der Waals surface area contributed by atoms with Crippen molar-refractivity contribution in [2.45, 2.75) is 40.2 Å². The summed E-state index contributed by atoms with van der Waals surface area (Å²) in [7, 11) is 1.96. The molecule has 2 aromatic heterocycles. The lowest BCUT2D eigenvalue weighted by Gasteiger charge is -2.12. The molecule has 0 unspecified atom stereocenters. The van der Waals surface area contributed by atoms with Crippen LogP contribution in [0.3, 0.4) is 0 Å². The summed E-state index contributed by atoms with van der Waals surface area (Å²) in [5.74, 6) is 3.71. The van der Waals surface area contributed by atoms with Gasteiger partial charge in [0.1, 0.15) is 12.4 Å². The molecule has 2 N–H and O–H groups in total. The Hall–Kier alpha value is -0.880. The molecule has 0 amide bonds. The van der Waals surface area contributed by atoms with Gasteiger partial charge in [-0.15, -0.1) is 45.5 Å². The van der Waals surface area contributed by atoms with Crippen LogP contribution in [0, 0.1) is 20.8 Å². The first-order chi connectivity index (χ1) is 12.5. The third-order valence-electron chi connectivity index (χ3n) is 4.08. The number of aryl methyl sites for hydroxylation is 3. The average Bonchev–Trinajstić information content (AvgIpc) is 3.11. The molecule has 2 rings (SSSR count). The van der Waals surface area contributed by atoms with E-state index in [1.54, 1.807) is 11.3 Å². The Labute approximate surface area is 187 Å². The summed E-state index contributed by atoms with van der Waals surface area (Å²) in [6.07, 6.45) is 4.13. The zero-order chi connectivity index (χ0) is 18.9. The number of hydrogen-bond donors (Lipinski definition) is 2. The van der Waals surface area contributed by atoms with E-state index in [1.807, 2.05) is 30.3 Å². The smallest absolute Gasteiger partial charge is 0.191 e. The van der Waals surface area contributed by atoms with E-state index < -0.39 is 0 Å². The molecule has 10 heteroatoms. The van der Waals surface area contributed by atoms with Gasteiger partial charge in [-0.25, -0.2) is 9.98 Å². The number of halogens is 1. The second-order valence-electron chi connectivity index (χ2n) is 6.09. The summed E-state index contributed by atoms with van der Waals surface area (Å²) in [6.45, 7) is 8.33. The number of guanidine groups is 1. The maximum Gasteiger partial charge on any atom is 0.191 e. The highest BCUT2D eigenvalue weighted by atomic mass is 127. The lowest BCUT2D eigenvalue weighted by molar-refractivity contribution is 0.741. The van der Waals surface area contributed by atoms with Crippen LogP contribution < -0.4 is 10.6 Å². The first-order valence-corrected chi connectivity index (χ1v) is 11.0. The first-order valence-electron chi connectivity index (χ1n) is 8.80. The van der Waals surface area contributed by atoms with E-state index in [1.165, 1.54) is 4.88 Å². The third kappa shape index (κ3) is 7.94. The van der Waals surface area contributed by atoms with Gasteiger partial charge in [-0.2, -0.15) is 11.8 Å². The number of hydrogen-bond acceptors (Lipinski definition) is 6. The molecule has 0 radical (unpaired) electrons. The number of nitrogens with zero attached hydrogens (tertiary/aromatic N) is 5. The van der Waals surface area contributed by atoms with Crippen LogP contribution >= 0.6 is 47.1 Å². The summed E-state index contributed by atoms with van der Waals surface area (Å²) < 4.78 is 1.97. The monoisotopic (exact) mass is 523 g/mol. The number of thioether (sulfide) groups is 1. The van der Waals surface area contributed by atoms with E-state index in [0.29, 0.717) is 6.54 Å². The number of nitrogens with one attached hydrogen (secondary N) is 2. The molecule has 0 bridgehead atoms. The molecule has 0 aliphatic heterocycles. The zero-order valence-electron chi connectivity index (χ0n) is 16.7. The molecule has 0 saturated carbocycles. The maximum atomic E-state index is 4.67. The van der Waals surface area contributed by atoms with Gasteiger partial charge in [-0.3, -0.25) is 0 Å². The number of aliphatic imine (C=N–C) groups is 1. The quantitative estimate of drug-likeness (QED) is 0.228. The van der Waals surface area contributed by atoms with Crippen molar-refractivity contribution in [1.82, 2.24) is 30.4 Å². The van der Waals surface area contributed by atoms with E-state index >= 15 is 0 Å². The third-order valence-corrected chi connectivity index (χ3v) is 5.91. The van der Waals surface area contributed by atoms with Gasteiger partial charge in [0.2, 0.25) is 0 Å². The molecule has 2 heterocycles. The average molecular weight is 524 g/mol. The molecular weight excluding hydrogens is 493 g/mol. The van der Waals surface area contributed by atoms with Gasteiger partial charge in [0, 0.05) is 31.4 Å². The molecule has 0 saturated heterocycles. The lowest BCUT2D eigenvalue weighted by Crippen LogP contribution is -2.39. The highest BCUT2D eigenvalue weighted by Crippen LogP contribution is 2.16. The molecule has 0 aliphatic rings. The van der Waals surface area contributed by atoms with E-state index in [9.17, 15) is 0 Å². The van der Waals surface area contributed by atoms with Gasteiger partial charge in [0.25, 0.3) is 0 Å². The SMILES string of the molecule is CSCCCNC(=NCc1nnc(C)n1C)NCCc1nc(C)c(C)s1.I. The molecule has 27 heavy (non-hydrogen) atoms. The molecular formula is C17H30IN7S2. The molecule has 0 aromatic carbocycles. The van der Waals surface area contributed by atoms with Gasteiger partial charge < -0.3 is 15.2 Å². The molecule has 0 fully saturated rings. The Morgan fingerprint density at radius 1 is 1.19 bits per heavy atom. The van der Waals surface area contributed by atoms with Crippen molar-refractivity contribution in [2.24, 2.45) is 12.0 Å². The molecule has 0 atom stereocenters. The Kier molecular flexibility index (Phi) is 11.2. The predicted octanol–water partition coefficient (Wildman–Crippen LogP) is 2.85. The van der Waals surface area contributed by atoms with Crippen LogP contribution in [0.1, 0.15) is 33.6 Å². The molecule has 7 nitrogen and oxygen atoms in total. The Balaban J connectivity index is 0.00000364. The minimum Gasteiger partial charge on any atom is -0.356 e. The van der Waals surface area contributed by atoms with Crippen molar-refractivity contribution < 1.29 is 0 Å². The maximum absolute atomic E-state index is 4.67. The van der Waals surface area contributed by atoms with Crippen LogP contribution in [0.25, 0.3) is 0 Å². The van der Waals surface area contributed by atoms with Crippen LogP contribution in [0.5, 0.6) is 0 Å². The largest absolute Gasteiger partial charge is 0.356 e. The fourth-order valence-electron chi connectivity index (χ4n) is 2.27. The number of aromatic nitrogens is 4. The van der Waals surface area contributed by atoms with Gasteiger partial charge in [0.05, 0.1) is 10.7 Å². The molecule has 0 aliphatic carbocycles. The fraction of sp³-hybridized carbons (Fsp3) is 0.647. The van der Waals surface area contributed by atoms with Gasteiger partial charge in [0.15, 0.2) is 11.8 Å². The van der Waals surface area contributed by atoms with Crippen molar-refractivity contribution in [1.29, 1.82) is 0 Å². The van der Waals surface area contributed by atoms with Crippen molar-refractivity contribution >= 4 is 53.0 Å². The van der Waals surface area contributed by atoms with Gasteiger partial charge in [-0.1, -0.05) is 0 Å². The lowest BCUT2D eigenvalue weighted by atomic mass is 10.4. The summed E-state index contributed by atoms with van der Waals surface area (Å²) in [5.41, 5.74) is 1.13. The second kappa shape index (κ2) is 12.6. The van der Waals surface area contributed by atoms with Crippen LogP contribution in [-0.2, 0) is 20.0 Å². The van der Waals surface area contributed by atoms with E-state index in [4.69, 9.17) is 0 Å². The molecule has 152 valence electrons. The Morgan fingerprint density at radius 3 is 2.52 bits per heavy atom. The highest BCUT2D eigenvalue weighted by Gasteiger charge is 2.07. The highest BCUT2D eigenvalue weighted by molar-refractivity contribution is 14.0. The predicted molar refractivity (Wildman–Crippen MR) is 127 cm³/mol. The van der Waals surface area contributed by atoms with E-state index in [0.717, 1.165) is 60.0 Å². The van der Waals surface area contributed by atoms with Crippen LogP contribution in [0.4, 0.5) is 0 Å². The Bertz CT molecular complexity index is 707.